The molecule has 1 aliphatic rings. The minimum absolute atomic E-state index is 0.182. The van der Waals surface area contributed by atoms with Crippen LogP contribution in [0.25, 0.3) is 6.08 Å². The van der Waals surface area contributed by atoms with Crippen LogP contribution in [0.15, 0.2) is 83.5 Å². The SMILES string of the molecule is Cc1cccc(OCCOc2ccc(Cl)cc2/C=C2\N=C(c3ccccc3)OC2=O)c1. The quantitative estimate of drug-likeness (QED) is 0.282. The number of cyclic esters (lactones) is 1. The third kappa shape index (κ3) is 5.32. The Morgan fingerprint density at radius 1 is 0.968 bits per heavy atom. The van der Waals surface area contributed by atoms with Gasteiger partial charge in [-0.2, -0.15) is 0 Å². The van der Waals surface area contributed by atoms with E-state index in [0.717, 1.165) is 16.9 Å². The molecule has 1 heterocycles. The lowest BCUT2D eigenvalue weighted by Crippen LogP contribution is -2.09. The monoisotopic (exact) mass is 433 g/mol. The van der Waals surface area contributed by atoms with Gasteiger partial charge in [-0.15, -0.1) is 0 Å². The largest absolute Gasteiger partial charge is 0.490 e. The molecule has 3 aromatic carbocycles. The zero-order valence-electron chi connectivity index (χ0n) is 16.9. The lowest BCUT2D eigenvalue weighted by molar-refractivity contribution is -0.129. The molecule has 0 fully saturated rings. The Bertz CT molecular complexity index is 1160. The highest BCUT2D eigenvalue weighted by atomic mass is 35.5. The van der Waals surface area contributed by atoms with Crippen molar-refractivity contribution in [2.24, 2.45) is 4.99 Å². The van der Waals surface area contributed by atoms with Crippen LogP contribution >= 0.6 is 11.6 Å². The molecule has 0 spiro atoms. The number of ether oxygens (including phenoxy) is 3. The molecule has 0 N–H and O–H groups in total. The fraction of sp³-hybridized carbons (Fsp3) is 0.120. The van der Waals surface area contributed by atoms with Gasteiger partial charge in [0.15, 0.2) is 5.70 Å². The summed E-state index contributed by atoms with van der Waals surface area (Å²) in [5, 5.41) is 0.522. The van der Waals surface area contributed by atoms with Crippen molar-refractivity contribution in [3.8, 4) is 11.5 Å². The van der Waals surface area contributed by atoms with Crippen molar-refractivity contribution in [1.29, 1.82) is 0 Å². The second kappa shape index (κ2) is 9.49. The summed E-state index contributed by atoms with van der Waals surface area (Å²) in [7, 11) is 0. The highest BCUT2D eigenvalue weighted by Crippen LogP contribution is 2.27. The second-order valence-corrected chi connectivity index (χ2v) is 7.33. The lowest BCUT2D eigenvalue weighted by Gasteiger charge is -2.11. The van der Waals surface area contributed by atoms with E-state index in [1.807, 2.05) is 61.5 Å². The maximum absolute atomic E-state index is 12.3. The maximum atomic E-state index is 12.3. The van der Waals surface area contributed by atoms with E-state index in [0.29, 0.717) is 29.5 Å². The molecule has 0 radical (unpaired) electrons. The minimum Gasteiger partial charge on any atom is -0.490 e. The van der Waals surface area contributed by atoms with Gasteiger partial charge in [-0.3, -0.25) is 0 Å². The van der Waals surface area contributed by atoms with Crippen molar-refractivity contribution >= 4 is 29.5 Å². The van der Waals surface area contributed by atoms with Crippen molar-refractivity contribution < 1.29 is 19.0 Å². The number of benzene rings is 3. The summed E-state index contributed by atoms with van der Waals surface area (Å²) in [5.74, 6) is 1.11. The summed E-state index contributed by atoms with van der Waals surface area (Å²) in [6.45, 7) is 2.71. The number of rotatable bonds is 7. The van der Waals surface area contributed by atoms with Gasteiger partial charge in [-0.1, -0.05) is 41.9 Å². The topological polar surface area (TPSA) is 57.1 Å². The van der Waals surface area contributed by atoms with Crippen LogP contribution in [0.5, 0.6) is 11.5 Å². The van der Waals surface area contributed by atoms with Gasteiger partial charge in [-0.25, -0.2) is 9.79 Å². The van der Waals surface area contributed by atoms with Gasteiger partial charge >= 0.3 is 5.97 Å². The van der Waals surface area contributed by atoms with Crippen LogP contribution in [0.2, 0.25) is 5.02 Å². The Morgan fingerprint density at radius 3 is 2.58 bits per heavy atom. The number of hydrogen-bond donors (Lipinski definition) is 0. The van der Waals surface area contributed by atoms with E-state index in [4.69, 9.17) is 25.8 Å². The average molecular weight is 434 g/mol. The van der Waals surface area contributed by atoms with Crippen LogP contribution in [0.4, 0.5) is 0 Å². The highest BCUT2D eigenvalue weighted by molar-refractivity contribution is 6.30. The molecular weight excluding hydrogens is 414 g/mol. The van der Waals surface area contributed by atoms with Crippen molar-refractivity contribution in [3.63, 3.8) is 0 Å². The van der Waals surface area contributed by atoms with E-state index < -0.39 is 5.97 Å². The fourth-order valence-corrected chi connectivity index (χ4v) is 3.22. The van der Waals surface area contributed by atoms with Gasteiger partial charge in [0.25, 0.3) is 0 Å². The number of aliphatic imine (C=N–C) groups is 1. The smallest absolute Gasteiger partial charge is 0.363 e. The van der Waals surface area contributed by atoms with E-state index in [1.165, 1.54) is 0 Å². The molecule has 0 bridgehead atoms. The van der Waals surface area contributed by atoms with Gasteiger partial charge in [-0.05, 0) is 61.0 Å². The number of halogens is 1. The second-order valence-electron chi connectivity index (χ2n) is 6.90. The van der Waals surface area contributed by atoms with E-state index in [9.17, 15) is 4.79 Å². The Kier molecular flexibility index (Phi) is 6.34. The highest BCUT2D eigenvalue weighted by Gasteiger charge is 2.24. The third-order valence-electron chi connectivity index (χ3n) is 4.50. The normalized spacial score (nSPS) is 14.3. The molecular formula is C25H20ClNO4. The van der Waals surface area contributed by atoms with Crippen LogP contribution in [0, 0.1) is 6.92 Å². The fourth-order valence-electron chi connectivity index (χ4n) is 3.04. The molecule has 5 nitrogen and oxygen atoms in total. The zero-order chi connectivity index (χ0) is 21.6. The van der Waals surface area contributed by atoms with Gasteiger partial charge in [0.2, 0.25) is 5.90 Å². The van der Waals surface area contributed by atoms with E-state index in [2.05, 4.69) is 4.99 Å². The number of esters is 1. The summed E-state index contributed by atoms with van der Waals surface area (Å²) >= 11 is 6.16. The number of hydrogen-bond acceptors (Lipinski definition) is 5. The molecule has 0 saturated heterocycles. The standard InChI is InChI=1S/C25H20ClNO4/c1-17-6-5-9-21(14-17)29-12-13-30-23-11-10-20(26)15-19(23)16-22-25(28)31-24(27-22)18-7-3-2-4-8-18/h2-11,14-16H,12-13H2,1H3/b22-16-. The molecule has 0 amide bonds. The zero-order valence-corrected chi connectivity index (χ0v) is 17.6. The summed E-state index contributed by atoms with van der Waals surface area (Å²) in [6, 6.07) is 22.3. The van der Waals surface area contributed by atoms with Crippen LogP contribution in [-0.4, -0.2) is 25.1 Å². The van der Waals surface area contributed by atoms with Crippen LogP contribution < -0.4 is 9.47 Å². The molecule has 31 heavy (non-hydrogen) atoms. The number of carbonyl (C=O) groups is 1. The predicted octanol–water partition coefficient (Wildman–Crippen LogP) is 5.45. The van der Waals surface area contributed by atoms with Gasteiger partial charge < -0.3 is 14.2 Å². The first-order valence-electron chi connectivity index (χ1n) is 9.78. The first-order valence-corrected chi connectivity index (χ1v) is 10.2. The summed E-state index contributed by atoms with van der Waals surface area (Å²) < 4.78 is 16.9. The van der Waals surface area contributed by atoms with Crippen molar-refractivity contribution in [2.75, 3.05) is 13.2 Å². The summed E-state index contributed by atoms with van der Waals surface area (Å²) in [4.78, 5) is 16.6. The summed E-state index contributed by atoms with van der Waals surface area (Å²) in [5.41, 5.74) is 2.68. The maximum Gasteiger partial charge on any atom is 0.363 e. The molecule has 4 rings (SSSR count). The Labute approximate surface area is 185 Å². The molecule has 0 saturated carbocycles. The van der Waals surface area contributed by atoms with E-state index in [1.54, 1.807) is 24.3 Å². The molecule has 3 aromatic rings. The first kappa shape index (κ1) is 20.7. The summed E-state index contributed by atoms with van der Waals surface area (Å²) in [6.07, 6.45) is 1.61. The number of carbonyl (C=O) groups excluding carboxylic acids is 1. The first-order chi connectivity index (χ1) is 15.1. The number of nitrogens with zero attached hydrogens (tertiary/aromatic N) is 1. The Morgan fingerprint density at radius 2 is 1.77 bits per heavy atom. The predicted molar refractivity (Wildman–Crippen MR) is 121 cm³/mol. The van der Waals surface area contributed by atoms with Crippen molar-refractivity contribution in [2.45, 2.75) is 6.92 Å². The van der Waals surface area contributed by atoms with Crippen LogP contribution in [-0.2, 0) is 9.53 Å². The Hall–Kier alpha value is -3.57. The van der Waals surface area contributed by atoms with Gasteiger partial charge in [0.05, 0.1) is 0 Å². The van der Waals surface area contributed by atoms with Crippen molar-refractivity contribution in [1.82, 2.24) is 0 Å². The van der Waals surface area contributed by atoms with Crippen LogP contribution in [0.1, 0.15) is 16.7 Å². The molecule has 0 atom stereocenters. The lowest BCUT2D eigenvalue weighted by atomic mass is 10.1. The van der Waals surface area contributed by atoms with Crippen molar-refractivity contribution in [3.05, 3.63) is 100 Å². The average Bonchev–Trinajstić information content (AvgIpc) is 3.13. The molecule has 0 aromatic heterocycles. The minimum atomic E-state index is -0.521. The van der Waals surface area contributed by atoms with Gasteiger partial charge in [0.1, 0.15) is 24.7 Å². The van der Waals surface area contributed by atoms with Crippen LogP contribution in [0.3, 0.4) is 0 Å². The Balaban J connectivity index is 1.48. The third-order valence-corrected chi connectivity index (χ3v) is 4.74. The molecule has 1 aliphatic heterocycles. The van der Waals surface area contributed by atoms with E-state index >= 15 is 0 Å². The van der Waals surface area contributed by atoms with Gasteiger partial charge in [0, 0.05) is 16.1 Å². The molecule has 0 unspecified atom stereocenters. The molecule has 0 aliphatic carbocycles. The molecule has 6 heteroatoms. The molecule has 156 valence electrons. The number of aryl methyl sites for hydroxylation is 1. The van der Waals surface area contributed by atoms with E-state index in [-0.39, 0.29) is 11.6 Å².